The lowest BCUT2D eigenvalue weighted by Gasteiger charge is -2.18. The molecule has 0 saturated heterocycles. The van der Waals surface area contributed by atoms with Crippen molar-refractivity contribution in [1.82, 2.24) is 4.98 Å². The molecule has 1 unspecified atom stereocenters. The number of rotatable bonds is 3. The Morgan fingerprint density at radius 3 is 2.62 bits per heavy atom. The number of halogens is 4. The average Bonchev–Trinajstić information content (AvgIpc) is 2.19. The number of aliphatic hydroxyl groups excluding tert-OH is 1. The Kier molecular flexibility index (Phi) is 3.69. The molecule has 0 saturated carbocycles. The first-order valence-electron chi connectivity index (χ1n) is 4.33. The van der Waals surface area contributed by atoms with Crippen LogP contribution in [0.4, 0.5) is 17.6 Å². The zero-order chi connectivity index (χ0) is 12.3. The highest BCUT2D eigenvalue weighted by Gasteiger charge is 2.38. The van der Waals surface area contributed by atoms with E-state index in [1.165, 1.54) is 0 Å². The van der Waals surface area contributed by atoms with Gasteiger partial charge in [0.15, 0.2) is 6.10 Å². The summed E-state index contributed by atoms with van der Waals surface area (Å²) in [5.74, 6) is -1.18. The lowest BCUT2D eigenvalue weighted by Crippen LogP contribution is -2.31. The molecule has 0 aliphatic rings. The molecular weight excluding hydrogens is 230 g/mol. The fraction of sp³-hybridized carbons (Fsp3) is 0.444. The number of pyridine rings is 1. The zero-order valence-electron chi connectivity index (χ0n) is 8.25. The first-order valence-corrected chi connectivity index (χ1v) is 4.33. The normalized spacial score (nSPS) is 13.6. The minimum absolute atomic E-state index is 0.129. The van der Waals surface area contributed by atoms with Gasteiger partial charge in [-0.1, -0.05) is 0 Å². The van der Waals surface area contributed by atoms with Crippen molar-refractivity contribution in [2.75, 3.05) is 0 Å². The Morgan fingerprint density at radius 2 is 2.12 bits per heavy atom. The highest BCUT2D eigenvalue weighted by atomic mass is 19.4. The molecule has 1 aromatic rings. The van der Waals surface area contributed by atoms with Gasteiger partial charge in [-0.05, 0) is 13.0 Å². The maximum atomic E-state index is 12.7. The third-order valence-electron chi connectivity index (χ3n) is 1.81. The fourth-order valence-corrected chi connectivity index (χ4v) is 0.922. The maximum Gasteiger partial charge on any atom is 0.425 e. The van der Waals surface area contributed by atoms with Gasteiger partial charge in [0.1, 0.15) is 5.82 Å². The number of aliphatic hydroxyl groups is 1. The van der Waals surface area contributed by atoms with Gasteiger partial charge in [-0.25, -0.2) is 9.37 Å². The molecule has 1 N–H and O–H groups in total. The molecule has 16 heavy (non-hydrogen) atoms. The van der Waals surface area contributed by atoms with E-state index in [0.29, 0.717) is 0 Å². The number of nitrogens with zero attached hydrogens (tertiary/aromatic N) is 1. The highest BCUT2D eigenvalue weighted by Crippen LogP contribution is 2.25. The van der Waals surface area contributed by atoms with Crippen molar-refractivity contribution in [2.24, 2.45) is 0 Å². The molecule has 0 spiro atoms. The molecule has 90 valence electrons. The van der Waals surface area contributed by atoms with Crippen molar-refractivity contribution >= 4 is 0 Å². The average molecular weight is 239 g/mol. The number of ether oxygens (including phenoxy) is 1. The van der Waals surface area contributed by atoms with E-state index in [1.807, 2.05) is 0 Å². The molecule has 0 fully saturated rings. The summed E-state index contributed by atoms with van der Waals surface area (Å²) in [6, 6.07) is 0.866. The van der Waals surface area contributed by atoms with Gasteiger partial charge < -0.3 is 9.84 Å². The van der Waals surface area contributed by atoms with Gasteiger partial charge >= 0.3 is 6.18 Å². The van der Waals surface area contributed by atoms with Crippen molar-refractivity contribution in [3.63, 3.8) is 0 Å². The van der Waals surface area contributed by atoms with Crippen molar-refractivity contribution < 1.29 is 27.4 Å². The summed E-state index contributed by atoms with van der Waals surface area (Å²) in [6.07, 6.45) is -5.89. The third-order valence-corrected chi connectivity index (χ3v) is 1.81. The van der Waals surface area contributed by atoms with Gasteiger partial charge in [0.2, 0.25) is 5.88 Å². The Labute approximate surface area is 88.7 Å². The van der Waals surface area contributed by atoms with Crippen LogP contribution in [0.3, 0.4) is 0 Å². The summed E-state index contributed by atoms with van der Waals surface area (Å²) in [7, 11) is 0. The molecule has 0 aliphatic carbocycles. The predicted octanol–water partition coefficient (Wildman–Crippen LogP) is 2.04. The van der Waals surface area contributed by atoms with Gasteiger partial charge in [0, 0.05) is 5.56 Å². The number of aromatic nitrogens is 1. The smallest absolute Gasteiger partial charge is 0.425 e. The van der Waals surface area contributed by atoms with Gasteiger partial charge in [-0.15, -0.1) is 0 Å². The van der Waals surface area contributed by atoms with E-state index < -0.39 is 30.6 Å². The molecule has 0 aliphatic heterocycles. The maximum absolute atomic E-state index is 12.7. The molecule has 1 heterocycles. The molecule has 0 bridgehead atoms. The van der Waals surface area contributed by atoms with E-state index in [0.717, 1.165) is 19.2 Å². The molecule has 3 nitrogen and oxygen atoms in total. The molecule has 0 aromatic carbocycles. The summed E-state index contributed by atoms with van der Waals surface area (Å²) in [5.41, 5.74) is -0.129. The van der Waals surface area contributed by atoms with Crippen molar-refractivity contribution in [2.45, 2.75) is 25.8 Å². The summed E-state index contributed by atoms with van der Waals surface area (Å²) >= 11 is 0. The van der Waals surface area contributed by atoms with Crippen LogP contribution in [-0.4, -0.2) is 22.4 Å². The van der Waals surface area contributed by atoms with Crippen LogP contribution in [0.2, 0.25) is 0 Å². The predicted molar refractivity (Wildman–Crippen MR) is 46.3 cm³/mol. The third kappa shape index (κ3) is 3.06. The zero-order valence-corrected chi connectivity index (χ0v) is 8.25. The first kappa shape index (κ1) is 12.7. The Morgan fingerprint density at radius 1 is 1.50 bits per heavy atom. The number of hydrogen-bond donors (Lipinski definition) is 1. The van der Waals surface area contributed by atoms with Crippen molar-refractivity contribution in [3.05, 3.63) is 23.6 Å². The standard InChI is InChI=1S/C9H9F4NO2/c1-5(9(11,12)13)16-8-6(4-15)2-7(10)3-14-8/h2-3,5,15H,4H2,1H3. The second kappa shape index (κ2) is 4.65. The Hall–Kier alpha value is -1.37. The molecule has 1 rings (SSSR count). The monoisotopic (exact) mass is 239 g/mol. The minimum Gasteiger partial charge on any atom is -0.465 e. The second-order valence-corrected chi connectivity index (χ2v) is 3.08. The highest BCUT2D eigenvalue weighted by molar-refractivity contribution is 5.25. The van der Waals surface area contributed by atoms with Crippen molar-refractivity contribution in [1.29, 1.82) is 0 Å². The summed E-state index contributed by atoms with van der Waals surface area (Å²) in [4.78, 5) is 3.35. The van der Waals surface area contributed by atoms with Gasteiger partial charge in [-0.2, -0.15) is 13.2 Å². The van der Waals surface area contributed by atoms with Gasteiger partial charge in [0.25, 0.3) is 0 Å². The molecule has 0 amide bonds. The van der Waals surface area contributed by atoms with E-state index in [2.05, 4.69) is 9.72 Å². The van der Waals surface area contributed by atoms with Crippen LogP contribution in [0.5, 0.6) is 5.88 Å². The summed E-state index contributed by atoms with van der Waals surface area (Å²) in [6.45, 7) is 0.150. The van der Waals surface area contributed by atoms with Crippen LogP contribution < -0.4 is 4.74 Å². The fourth-order valence-electron chi connectivity index (χ4n) is 0.922. The SMILES string of the molecule is CC(Oc1ncc(F)cc1CO)C(F)(F)F. The molecule has 0 radical (unpaired) electrons. The number of hydrogen-bond acceptors (Lipinski definition) is 3. The van der Waals surface area contributed by atoms with Crippen LogP contribution in [0.25, 0.3) is 0 Å². The Balaban J connectivity index is 2.89. The molecule has 1 atom stereocenters. The quantitative estimate of drug-likeness (QED) is 0.821. The first-order chi connectivity index (χ1) is 7.34. The summed E-state index contributed by atoms with van der Waals surface area (Å²) < 4.78 is 53.6. The van der Waals surface area contributed by atoms with Crippen LogP contribution in [-0.2, 0) is 6.61 Å². The second-order valence-electron chi connectivity index (χ2n) is 3.08. The van der Waals surface area contributed by atoms with Crippen LogP contribution in [0.15, 0.2) is 12.3 Å². The van der Waals surface area contributed by atoms with Crippen LogP contribution >= 0.6 is 0 Å². The van der Waals surface area contributed by atoms with E-state index >= 15 is 0 Å². The summed E-state index contributed by atoms with van der Waals surface area (Å²) in [5, 5.41) is 8.79. The van der Waals surface area contributed by atoms with E-state index in [4.69, 9.17) is 5.11 Å². The van der Waals surface area contributed by atoms with E-state index in [-0.39, 0.29) is 5.56 Å². The van der Waals surface area contributed by atoms with Crippen LogP contribution in [0.1, 0.15) is 12.5 Å². The van der Waals surface area contributed by atoms with E-state index in [9.17, 15) is 17.6 Å². The van der Waals surface area contributed by atoms with Gasteiger partial charge in [0.05, 0.1) is 12.8 Å². The molecule has 1 aromatic heterocycles. The molecular formula is C9H9F4NO2. The lowest BCUT2D eigenvalue weighted by atomic mass is 10.3. The number of alkyl halides is 3. The van der Waals surface area contributed by atoms with Crippen LogP contribution in [0, 0.1) is 5.82 Å². The lowest BCUT2D eigenvalue weighted by molar-refractivity contribution is -0.190. The Bertz CT molecular complexity index is 367. The van der Waals surface area contributed by atoms with E-state index in [1.54, 1.807) is 0 Å². The minimum atomic E-state index is -4.54. The topological polar surface area (TPSA) is 42.4 Å². The van der Waals surface area contributed by atoms with Gasteiger partial charge in [-0.3, -0.25) is 0 Å². The molecule has 7 heteroatoms. The largest absolute Gasteiger partial charge is 0.465 e. The van der Waals surface area contributed by atoms with Crippen molar-refractivity contribution in [3.8, 4) is 5.88 Å².